The molecule has 0 aliphatic carbocycles. The van der Waals surface area contributed by atoms with Crippen LogP contribution in [0, 0.1) is 5.92 Å². The highest BCUT2D eigenvalue weighted by Gasteiger charge is 2.58. The summed E-state index contributed by atoms with van der Waals surface area (Å²) in [6.45, 7) is 4.82. The van der Waals surface area contributed by atoms with E-state index in [0.717, 1.165) is 0 Å². The Kier molecular flexibility index (Phi) is 4.36. The third kappa shape index (κ3) is 2.80. The minimum absolute atomic E-state index is 0.148. The molecule has 118 valence electrons. The molecule has 2 saturated heterocycles. The Morgan fingerprint density at radius 2 is 2.10 bits per heavy atom. The zero-order chi connectivity index (χ0) is 15.7. The maximum absolute atomic E-state index is 12.1. The molecule has 8 nitrogen and oxygen atoms in total. The van der Waals surface area contributed by atoms with Gasteiger partial charge in [-0.1, -0.05) is 6.92 Å². The molecule has 0 aromatic rings. The van der Waals surface area contributed by atoms with E-state index in [1.165, 1.54) is 11.8 Å². The van der Waals surface area contributed by atoms with Crippen LogP contribution in [0.25, 0.3) is 0 Å². The van der Waals surface area contributed by atoms with Crippen LogP contribution in [0.15, 0.2) is 0 Å². The average molecular weight is 301 g/mol. The van der Waals surface area contributed by atoms with E-state index in [0.29, 0.717) is 0 Å². The zero-order valence-electron chi connectivity index (χ0n) is 12.1. The van der Waals surface area contributed by atoms with Crippen LogP contribution in [0.5, 0.6) is 0 Å². The van der Waals surface area contributed by atoms with Gasteiger partial charge in [0, 0.05) is 19.3 Å². The molecule has 4 unspecified atom stereocenters. The molecule has 5 atom stereocenters. The van der Waals surface area contributed by atoms with Gasteiger partial charge in [-0.25, -0.2) is 9.59 Å². The van der Waals surface area contributed by atoms with E-state index >= 15 is 0 Å². The molecule has 21 heavy (non-hydrogen) atoms. The van der Waals surface area contributed by atoms with E-state index in [4.69, 9.17) is 9.47 Å². The zero-order valence-corrected chi connectivity index (χ0v) is 12.1. The van der Waals surface area contributed by atoms with Gasteiger partial charge < -0.3 is 24.2 Å². The van der Waals surface area contributed by atoms with Crippen molar-refractivity contribution in [2.24, 2.45) is 5.92 Å². The topological polar surface area (TPSA) is 102 Å². The molecule has 1 N–H and O–H groups in total. The number of ether oxygens (including phenoxy) is 3. The number of esters is 1. The first kappa shape index (κ1) is 15.6. The molecule has 2 aliphatic rings. The third-order valence-corrected chi connectivity index (χ3v) is 3.81. The second kappa shape index (κ2) is 5.88. The number of fused-ring (bicyclic) bond motifs is 1. The van der Waals surface area contributed by atoms with Crippen LogP contribution in [-0.2, 0) is 23.8 Å². The number of aliphatic hydroxyl groups is 1. The minimum Gasteiger partial charge on any atom is -0.435 e. The Hall–Kier alpha value is -1.83. The van der Waals surface area contributed by atoms with Gasteiger partial charge in [0.1, 0.15) is 6.04 Å². The van der Waals surface area contributed by atoms with Crippen LogP contribution in [-0.4, -0.2) is 59.1 Å². The van der Waals surface area contributed by atoms with Gasteiger partial charge in [0.2, 0.25) is 12.2 Å². The summed E-state index contributed by atoms with van der Waals surface area (Å²) in [4.78, 5) is 36.1. The van der Waals surface area contributed by atoms with Crippen LogP contribution in [0.3, 0.4) is 0 Å². The van der Waals surface area contributed by atoms with Gasteiger partial charge in [-0.05, 0) is 6.92 Å². The molecule has 2 fully saturated rings. The molecule has 0 saturated carbocycles. The van der Waals surface area contributed by atoms with Crippen molar-refractivity contribution in [2.75, 3.05) is 6.61 Å². The van der Waals surface area contributed by atoms with Crippen molar-refractivity contribution in [3.05, 3.63) is 0 Å². The third-order valence-electron chi connectivity index (χ3n) is 3.81. The standard InChI is InChI=1S/C13H19NO7/c1-4-19-13(18)21-7(3)20-12(17)10-6(2)11(16)8-5-9(15)14(8)10/h6-8,10-11,16H,4-5H2,1-3H3/t6?,7?,8-,10?,11?/m0/s1. The smallest absolute Gasteiger partial charge is 0.435 e. The number of hydrogen-bond donors (Lipinski definition) is 1. The van der Waals surface area contributed by atoms with Crippen molar-refractivity contribution < 1.29 is 33.7 Å². The number of carbonyl (C=O) groups excluding carboxylic acids is 3. The Balaban J connectivity index is 1.93. The lowest BCUT2D eigenvalue weighted by Crippen LogP contribution is -2.57. The fraction of sp³-hybridized carbons (Fsp3) is 0.769. The van der Waals surface area contributed by atoms with Crippen molar-refractivity contribution in [3.8, 4) is 0 Å². The Morgan fingerprint density at radius 1 is 1.43 bits per heavy atom. The highest BCUT2D eigenvalue weighted by atomic mass is 16.8. The maximum atomic E-state index is 12.1. The van der Waals surface area contributed by atoms with Gasteiger partial charge in [0.05, 0.1) is 18.8 Å². The summed E-state index contributed by atoms with van der Waals surface area (Å²) < 4.78 is 14.3. The number of amides is 1. The van der Waals surface area contributed by atoms with Gasteiger partial charge in [-0.3, -0.25) is 4.79 Å². The van der Waals surface area contributed by atoms with Crippen LogP contribution < -0.4 is 0 Å². The van der Waals surface area contributed by atoms with Crippen molar-refractivity contribution in [2.45, 2.75) is 51.7 Å². The van der Waals surface area contributed by atoms with E-state index in [1.807, 2.05) is 0 Å². The second-order valence-electron chi connectivity index (χ2n) is 5.17. The summed E-state index contributed by atoms with van der Waals surface area (Å²) in [6, 6.07) is -1.18. The summed E-state index contributed by atoms with van der Waals surface area (Å²) in [5.74, 6) is -1.32. The summed E-state index contributed by atoms with van der Waals surface area (Å²) in [7, 11) is 0. The van der Waals surface area contributed by atoms with Crippen molar-refractivity contribution in [3.63, 3.8) is 0 Å². The average Bonchev–Trinajstić information content (AvgIpc) is 2.59. The summed E-state index contributed by atoms with van der Waals surface area (Å²) in [5, 5.41) is 9.97. The molecule has 1 amide bonds. The molecule has 2 aliphatic heterocycles. The molecular weight excluding hydrogens is 282 g/mol. The SMILES string of the molecule is CCOC(=O)OC(C)OC(=O)C1C(C)C(O)[C@@H]2CC(=O)N12. The monoisotopic (exact) mass is 301 g/mol. The fourth-order valence-corrected chi connectivity index (χ4v) is 2.77. The molecule has 0 aromatic carbocycles. The molecule has 8 heteroatoms. The van der Waals surface area contributed by atoms with Crippen LogP contribution in [0.4, 0.5) is 4.79 Å². The van der Waals surface area contributed by atoms with E-state index in [9.17, 15) is 19.5 Å². The normalized spacial score (nSPS) is 32.0. The number of aliphatic hydroxyl groups excluding tert-OH is 1. The summed E-state index contributed by atoms with van der Waals surface area (Å²) >= 11 is 0. The predicted octanol–water partition coefficient (Wildman–Crippen LogP) is 0.0288. The minimum atomic E-state index is -1.13. The number of β-lactam (4-membered cyclic amide) rings is 1. The van der Waals surface area contributed by atoms with Crippen molar-refractivity contribution in [1.29, 1.82) is 0 Å². The first-order valence-corrected chi connectivity index (χ1v) is 6.90. The van der Waals surface area contributed by atoms with Crippen molar-refractivity contribution >= 4 is 18.0 Å². The molecule has 2 rings (SSSR count). The van der Waals surface area contributed by atoms with Crippen LogP contribution in [0.1, 0.15) is 27.2 Å². The lowest BCUT2D eigenvalue weighted by molar-refractivity contribution is -0.179. The number of hydrogen-bond acceptors (Lipinski definition) is 7. The van der Waals surface area contributed by atoms with Gasteiger partial charge in [-0.15, -0.1) is 0 Å². The lowest BCUT2D eigenvalue weighted by Gasteiger charge is -2.38. The molecule has 0 bridgehead atoms. The lowest BCUT2D eigenvalue weighted by atomic mass is 9.96. The Labute approximate surface area is 121 Å². The molecule has 0 radical (unpaired) electrons. The van der Waals surface area contributed by atoms with Gasteiger partial charge in [-0.2, -0.15) is 0 Å². The first-order valence-electron chi connectivity index (χ1n) is 6.90. The molecular formula is C13H19NO7. The van der Waals surface area contributed by atoms with Crippen LogP contribution in [0.2, 0.25) is 0 Å². The van der Waals surface area contributed by atoms with Crippen molar-refractivity contribution in [1.82, 2.24) is 4.90 Å². The molecule has 0 aromatic heterocycles. The van der Waals surface area contributed by atoms with E-state index in [2.05, 4.69) is 4.74 Å². The Bertz CT molecular complexity index is 452. The number of nitrogens with zero attached hydrogens (tertiary/aromatic N) is 1. The van der Waals surface area contributed by atoms with Crippen LogP contribution >= 0.6 is 0 Å². The first-order chi connectivity index (χ1) is 9.86. The maximum Gasteiger partial charge on any atom is 0.511 e. The Morgan fingerprint density at radius 3 is 2.67 bits per heavy atom. The highest BCUT2D eigenvalue weighted by Crippen LogP contribution is 2.39. The quantitative estimate of drug-likeness (QED) is 0.444. The number of carbonyl (C=O) groups is 3. The second-order valence-corrected chi connectivity index (χ2v) is 5.17. The largest absolute Gasteiger partial charge is 0.511 e. The molecule has 2 heterocycles. The number of rotatable bonds is 4. The summed E-state index contributed by atoms with van der Waals surface area (Å²) in [5.41, 5.74) is 0. The van der Waals surface area contributed by atoms with Gasteiger partial charge >= 0.3 is 12.1 Å². The summed E-state index contributed by atoms with van der Waals surface area (Å²) in [6.07, 6.45) is -2.57. The highest BCUT2D eigenvalue weighted by molar-refractivity contribution is 5.91. The van der Waals surface area contributed by atoms with E-state index < -0.39 is 36.5 Å². The van der Waals surface area contributed by atoms with E-state index in [-0.39, 0.29) is 25.0 Å². The predicted molar refractivity (Wildman–Crippen MR) is 67.9 cm³/mol. The van der Waals surface area contributed by atoms with Gasteiger partial charge in [0.25, 0.3) is 0 Å². The van der Waals surface area contributed by atoms with E-state index in [1.54, 1.807) is 13.8 Å². The fourth-order valence-electron chi connectivity index (χ4n) is 2.77. The molecule has 0 spiro atoms. The van der Waals surface area contributed by atoms with Gasteiger partial charge in [0.15, 0.2) is 0 Å².